The van der Waals surface area contributed by atoms with Gasteiger partial charge in [-0.15, -0.1) is 0 Å². The number of hydrogen-bond acceptors (Lipinski definition) is 3. The van der Waals surface area contributed by atoms with Crippen LogP contribution in [0.15, 0.2) is 0 Å². The Morgan fingerprint density at radius 3 is 1.33 bits per heavy atom. The van der Waals surface area contributed by atoms with Crippen LogP contribution in [0.2, 0.25) is 39.3 Å². The molecule has 3 nitrogen and oxygen atoms in total. The van der Waals surface area contributed by atoms with Crippen LogP contribution in [0.3, 0.4) is 0 Å². The fourth-order valence-electron chi connectivity index (χ4n) is 0.804. The average molecular weight is 250 g/mol. The zero-order valence-corrected chi connectivity index (χ0v) is 13.3. The van der Waals surface area contributed by atoms with Gasteiger partial charge in [-0.2, -0.15) is 0 Å². The number of nitrogens with two attached hydrogens (primary N) is 1. The van der Waals surface area contributed by atoms with Crippen LogP contribution in [-0.4, -0.2) is 35.4 Å². The summed E-state index contributed by atoms with van der Waals surface area (Å²) in [6.07, 6.45) is 0. The molecule has 0 aromatic heterocycles. The van der Waals surface area contributed by atoms with Gasteiger partial charge in [-0.1, -0.05) is 0 Å². The van der Waals surface area contributed by atoms with Gasteiger partial charge in [0, 0.05) is 0 Å². The summed E-state index contributed by atoms with van der Waals surface area (Å²) >= 11 is 0. The van der Waals surface area contributed by atoms with E-state index in [1.54, 1.807) is 0 Å². The van der Waals surface area contributed by atoms with Crippen molar-refractivity contribution in [2.75, 3.05) is 13.2 Å². The molecule has 92 valence electrons. The summed E-state index contributed by atoms with van der Waals surface area (Å²) in [7, 11) is -2.93. The van der Waals surface area contributed by atoms with Crippen molar-refractivity contribution in [3.63, 3.8) is 0 Å². The lowest BCUT2D eigenvalue weighted by Crippen LogP contribution is -2.50. The average Bonchev–Trinajstić information content (AvgIpc) is 1.96. The fourth-order valence-corrected chi connectivity index (χ4v) is 2.33. The molecule has 0 aliphatic rings. The quantitative estimate of drug-likeness (QED) is 0.735. The van der Waals surface area contributed by atoms with Gasteiger partial charge in [-0.05, 0) is 46.2 Å². The van der Waals surface area contributed by atoms with E-state index >= 15 is 0 Å². The molecule has 2 N–H and O–H groups in total. The minimum absolute atomic E-state index is 0.361. The summed E-state index contributed by atoms with van der Waals surface area (Å²) in [4.78, 5) is 0. The molecule has 0 saturated heterocycles. The van der Waals surface area contributed by atoms with Crippen LogP contribution in [-0.2, 0) is 8.85 Å². The van der Waals surface area contributed by atoms with E-state index in [4.69, 9.17) is 14.6 Å². The molecular weight excluding hydrogens is 222 g/mol. The molecular formula is C10H27NO2Si2. The Kier molecular flexibility index (Phi) is 5.20. The molecule has 0 atom stereocenters. The van der Waals surface area contributed by atoms with Crippen molar-refractivity contribution in [2.45, 2.75) is 51.7 Å². The van der Waals surface area contributed by atoms with Gasteiger partial charge in [0.25, 0.3) is 0 Å². The first-order valence-corrected chi connectivity index (χ1v) is 12.3. The van der Waals surface area contributed by atoms with Crippen LogP contribution in [0, 0.1) is 0 Å². The highest BCUT2D eigenvalue weighted by atomic mass is 28.4. The van der Waals surface area contributed by atoms with E-state index in [9.17, 15) is 0 Å². The van der Waals surface area contributed by atoms with E-state index in [-0.39, 0.29) is 5.54 Å². The van der Waals surface area contributed by atoms with Gasteiger partial charge < -0.3 is 14.6 Å². The van der Waals surface area contributed by atoms with Crippen LogP contribution >= 0.6 is 0 Å². The Morgan fingerprint density at radius 2 is 1.13 bits per heavy atom. The third kappa shape index (κ3) is 10.6. The topological polar surface area (TPSA) is 44.5 Å². The van der Waals surface area contributed by atoms with Gasteiger partial charge in [-0.25, -0.2) is 0 Å². The van der Waals surface area contributed by atoms with Crippen molar-refractivity contribution in [2.24, 2.45) is 5.73 Å². The molecule has 0 aliphatic heterocycles. The van der Waals surface area contributed by atoms with E-state index in [0.717, 1.165) is 0 Å². The van der Waals surface area contributed by atoms with Crippen LogP contribution in [0.4, 0.5) is 0 Å². The molecule has 0 aliphatic carbocycles. The SMILES string of the molecule is CC(N)(CO[Si](C)(C)C)CO[Si](C)(C)C. The highest BCUT2D eigenvalue weighted by Gasteiger charge is 2.26. The van der Waals surface area contributed by atoms with Crippen LogP contribution < -0.4 is 5.73 Å². The lowest BCUT2D eigenvalue weighted by atomic mass is 10.1. The summed E-state index contributed by atoms with van der Waals surface area (Å²) in [6.45, 7) is 16.2. The lowest BCUT2D eigenvalue weighted by Gasteiger charge is -2.31. The van der Waals surface area contributed by atoms with E-state index in [0.29, 0.717) is 13.2 Å². The van der Waals surface area contributed by atoms with Crippen molar-refractivity contribution >= 4 is 16.6 Å². The van der Waals surface area contributed by atoms with Gasteiger partial charge >= 0.3 is 0 Å². The molecule has 0 saturated carbocycles. The molecule has 0 bridgehead atoms. The normalized spacial score (nSPS) is 14.4. The zero-order chi connectivity index (χ0) is 12.3. The molecule has 5 heteroatoms. The fraction of sp³-hybridized carbons (Fsp3) is 1.00. The van der Waals surface area contributed by atoms with Gasteiger partial charge in [0.05, 0.1) is 18.8 Å². The highest BCUT2D eigenvalue weighted by molar-refractivity contribution is 6.70. The summed E-state index contributed by atoms with van der Waals surface area (Å²) < 4.78 is 11.6. The van der Waals surface area contributed by atoms with Crippen LogP contribution in [0.1, 0.15) is 6.92 Å². The summed E-state index contributed by atoms with van der Waals surface area (Å²) in [6, 6.07) is 0. The van der Waals surface area contributed by atoms with Gasteiger partial charge in [0.1, 0.15) is 0 Å². The Labute approximate surface area is 96.6 Å². The van der Waals surface area contributed by atoms with Crippen molar-refractivity contribution in [3.8, 4) is 0 Å². The van der Waals surface area contributed by atoms with Crippen molar-refractivity contribution in [1.82, 2.24) is 0 Å². The molecule has 0 amide bonds. The van der Waals surface area contributed by atoms with Crippen molar-refractivity contribution < 1.29 is 8.85 Å². The van der Waals surface area contributed by atoms with Gasteiger partial charge in [-0.3, -0.25) is 0 Å². The molecule has 15 heavy (non-hydrogen) atoms. The molecule has 0 unspecified atom stereocenters. The zero-order valence-electron chi connectivity index (χ0n) is 11.3. The molecule has 0 spiro atoms. The maximum atomic E-state index is 6.13. The highest BCUT2D eigenvalue weighted by Crippen LogP contribution is 2.11. The summed E-state index contributed by atoms with van der Waals surface area (Å²) in [5, 5.41) is 0. The van der Waals surface area contributed by atoms with Gasteiger partial charge in [0.15, 0.2) is 16.6 Å². The smallest absolute Gasteiger partial charge is 0.183 e. The monoisotopic (exact) mass is 249 g/mol. The van der Waals surface area contributed by atoms with E-state index in [1.807, 2.05) is 6.92 Å². The largest absolute Gasteiger partial charge is 0.416 e. The Morgan fingerprint density at radius 1 is 0.867 bits per heavy atom. The molecule has 0 radical (unpaired) electrons. The second-order valence-corrected chi connectivity index (χ2v) is 15.5. The minimum atomic E-state index is -1.47. The maximum absolute atomic E-state index is 6.13. The van der Waals surface area contributed by atoms with E-state index in [1.165, 1.54) is 0 Å². The van der Waals surface area contributed by atoms with Crippen molar-refractivity contribution in [1.29, 1.82) is 0 Å². The number of hydrogen-bond donors (Lipinski definition) is 1. The second kappa shape index (κ2) is 5.10. The van der Waals surface area contributed by atoms with E-state index < -0.39 is 16.6 Å². The molecule has 0 aromatic carbocycles. The molecule has 0 heterocycles. The third-order valence-electron chi connectivity index (χ3n) is 1.67. The van der Waals surface area contributed by atoms with Crippen molar-refractivity contribution in [3.05, 3.63) is 0 Å². The maximum Gasteiger partial charge on any atom is 0.183 e. The molecule has 0 fully saturated rings. The standard InChI is InChI=1S/C10H27NO2Si2/c1-10(11,8-12-14(2,3)4)9-13-15(5,6)7/h8-9,11H2,1-7H3. The summed E-state index contributed by atoms with van der Waals surface area (Å²) in [5.74, 6) is 0. The number of rotatable bonds is 6. The van der Waals surface area contributed by atoms with Crippen LogP contribution in [0.25, 0.3) is 0 Å². The predicted molar refractivity (Wildman–Crippen MR) is 71.2 cm³/mol. The predicted octanol–water partition coefficient (Wildman–Crippen LogP) is 2.41. The minimum Gasteiger partial charge on any atom is -0.416 e. The first kappa shape index (κ1) is 15.3. The Bertz CT molecular complexity index is 175. The van der Waals surface area contributed by atoms with Crippen LogP contribution in [0.5, 0.6) is 0 Å². The molecule has 0 rings (SSSR count). The molecule has 0 aromatic rings. The lowest BCUT2D eigenvalue weighted by molar-refractivity contribution is 0.152. The third-order valence-corrected chi connectivity index (χ3v) is 3.69. The second-order valence-electron chi connectivity index (χ2n) is 6.46. The Balaban J connectivity index is 3.98. The summed E-state index contributed by atoms with van der Waals surface area (Å²) in [5.41, 5.74) is 5.76. The van der Waals surface area contributed by atoms with Gasteiger partial charge in [0.2, 0.25) is 0 Å². The first-order chi connectivity index (χ1) is 6.41. The first-order valence-electron chi connectivity index (χ1n) is 5.48. The Hall–Kier alpha value is 0.314. The van der Waals surface area contributed by atoms with E-state index in [2.05, 4.69) is 39.3 Å².